The number of hydrogen-bond acceptors (Lipinski definition) is 6. The van der Waals surface area contributed by atoms with Crippen molar-refractivity contribution in [3.63, 3.8) is 0 Å². The minimum absolute atomic E-state index is 0.0161. The number of nitrogens with one attached hydrogen (secondary N) is 1. The number of carbonyl (C=O) groups excluding carboxylic acids is 1. The number of benzene rings is 1. The summed E-state index contributed by atoms with van der Waals surface area (Å²) in [5.74, 6) is 0.0592. The number of nitrogens with zero attached hydrogens (tertiary/aromatic N) is 1. The second kappa shape index (κ2) is 5.09. The van der Waals surface area contributed by atoms with Gasteiger partial charge in [-0.05, 0) is 22.0 Å². The zero-order valence-electron chi connectivity index (χ0n) is 10.3. The Morgan fingerprint density at radius 2 is 2.05 bits per heavy atom. The van der Waals surface area contributed by atoms with Crippen LogP contribution >= 0.6 is 15.9 Å². The molecule has 1 aromatic heterocycles. The molecule has 0 radical (unpaired) electrons. The van der Waals surface area contributed by atoms with Gasteiger partial charge in [0.05, 0.1) is 22.8 Å². The fourth-order valence-corrected chi connectivity index (χ4v) is 2.25. The number of nitro groups is 1. The van der Waals surface area contributed by atoms with Crippen molar-refractivity contribution in [2.75, 3.05) is 12.1 Å². The number of carbonyl (C=O) groups is 1. The van der Waals surface area contributed by atoms with E-state index in [2.05, 4.69) is 21.2 Å². The monoisotopic (exact) mass is 354 g/mol. The maximum absolute atomic E-state index is 12.1. The molecule has 1 aromatic carbocycles. The van der Waals surface area contributed by atoms with Gasteiger partial charge in [0.15, 0.2) is 16.2 Å². The number of nitro benzene ring substituents is 1. The van der Waals surface area contributed by atoms with Crippen LogP contribution < -0.4 is 14.8 Å². The van der Waals surface area contributed by atoms with Gasteiger partial charge in [-0.3, -0.25) is 14.9 Å². The van der Waals surface area contributed by atoms with E-state index in [1.807, 2.05) is 0 Å². The van der Waals surface area contributed by atoms with Gasteiger partial charge >= 0.3 is 0 Å². The third-order valence-electron chi connectivity index (χ3n) is 2.80. The zero-order valence-corrected chi connectivity index (χ0v) is 11.9. The normalized spacial score (nSPS) is 12.2. The van der Waals surface area contributed by atoms with E-state index in [4.69, 9.17) is 13.9 Å². The minimum atomic E-state index is -0.609. The molecule has 1 aliphatic rings. The Bertz CT molecular complexity index is 741. The van der Waals surface area contributed by atoms with Gasteiger partial charge < -0.3 is 19.2 Å². The Labute approximate surface area is 125 Å². The molecule has 2 aromatic rings. The summed E-state index contributed by atoms with van der Waals surface area (Å²) >= 11 is 3.07. The summed E-state index contributed by atoms with van der Waals surface area (Å²) in [6.07, 6.45) is 1.33. The quantitative estimate of drug-likeness (QED) is 0.671. The van der Waals surface area contributed by atoms with Crippen molar-refractivity contribution in [1.29, 1.82) is 0 Å². The maximum atomic E-state index is 12.1. The number of fused-ring (bicyclic) bond motifs is 1. The van der Waals surface area contributed by atoms with E-state index in [0.29, 0.717) is 5.75 Å². The molecule has 1 amide bonds. The topological polar surface area (TPSA) is 104 Å². The zero-order chi connectivity index (χ0) is 15.0. The van der Waals surface area contributed by atoms with Gasteiger partial charge in [-0.15, -0.1) is 0 Å². The Kier molecular flexibility index (Phi) is 3.26. The van der Waals surface area contributed by atoms with E-state index in [-0.39, 0.29) is 34.2 Å². The minimum Gasteiger partial charge on any atom is -0.457 e. The summed E-state index contributed by atoms with van der Waals surface area (Å²) in [4.78, 5) is 22.6. The maximum Gasteiger partial charge on any atom is 0.296 e. The highest BCUT2D eigenvalue weighted by Gasteiger charge is 2.25. The molecule has 0 fully saturated rings. The summed E-state index contributed by atoms with van der Waals surface area (Å²) in [5.41, 5.74) is -0.0449. The first-order valence-corrected chi connectivity index (χ1v) is 6.48. The Balaban J connectivity index is 1.96. The van der Waals surface area contributed by atoms with Crippen molar-refractivity contribution in [1.82, 2.24) is 0 Å². The SMILES string of the molecule is O=C(Nc1cc2c(cc1[N+](=O)[O-])OCO2)c1ccoc1Br. The molecule has 0 bridgehead atoms. The number of rotatable bonds is 3. The van der Waals surface area contributed by atoms with Crippen LogP contribution in [-0.4, -0.2) is 17.6 Å². The van der Waals surface area contributed by atoms with E-state index in [9.17, 15) is 14.9 Å². The van der Waals surface area contributed by atoms with Crippen molar-refractivity contribution in [2.45, 2.75) is 0 Å². The summed E-state index contributed by atoms with van der Waals surface area (Å²) < 4.78 is 15.4. The Hall–Kier alpha value is -2.55. The lowest BCUT2D eigenvalue weighted by Gasteiger charge is -2.06. The van der Waals surface area contributed by atoms with Gasteiger partial charge in [-0.2, -0.15) is 0 Å². The van der Waals surface area contributed by atoms with Crippen LogP contribution in [-0.2, 0) is 0 Å². The van der Waals surface area contributed by atoms with E-state index in [1.165, 1.54) is 24.5 Å². The van der Waals surface area contributed by atoms with Gasteiger partial charge in [0.2, 0.25) is 6.79 Å². The molecular weight excluding hydrogens is 348 g/mol. The molecule has 9 heteroatoms. The van der Waals surface area contributed by atoms with Crippen LogP contribution in [0.4, 0.5) is 11.4 Å². The van der Waals surface area contributed by atoms with Crippen LogP contribution in [0.15, 0.2) is 33.5 Å². The molecule has 0 atom stereocenters. The van der Waals surface area contributed by atoms with Gasteiger partial charge in [0.1, 0.15) is 5.69 Å². The smallest absolute Gasteiger partial charge is 0.296 e. The molecule has 0 saturated carbocycles. The fourth-order valence-electron chi connectivity index (χ4n) is 1.83. The summed E-state index contributed by atoms with van der Waals surface area (Å²) in [5, 5.41) is 13.5. The number of hydrogen-bond donors (Lipinski definition) is 1. The molecule has 108 valence electrons. The lowest BCUT2D eigenvalue weighted by Crippen LogP contribution is -2.12. The average Bonchev–Trinajstić information content (AvgIpc) is 3.05. The van der Waals surface area contributed by atoms with Crippen molar-refractivity contribution < 1.29 is 23.6 Å². The van der Waals surface area contributed by atoms with Gasteiger partial charge in [0, 0.05) is 6.07 Å². The van der Waals surface area contributed by atoms with Crippen LogP contribution in [0.3, 0.4) is 0 Å². The van der Waals surface area contributed by atoms with E-state index in [0.717, 1.165) is 0 Å². The molecule has 0 unspecified atom stereocenters. The first-order chi connectivity index (χ1) is 10.1. The third kappa shape index (κ3) is 2.42. The molecule has 21 heavy (non-hydrogen) atoms. The van der Waals surface area contributed by atoms with Crippen LogP contribution in [0, 0.1) is 10.1 Å². The molecule has 1 N–H and O–H groups in total. The van der Waals surface area contributed by atoms with E-state index < -0.39 is 10.8 Å². The molecule has 1 aliphatic heterocycles. The van der Waals surface area contributed by atoms with Crippen LogP contribution in [0.1, 0.15) is 10.4 Å². The Morgan fingerprint density at radius 3 is 2.67 bits per heavy atom. The van der Waals surface area contributed by atoms with Gasteiger partial charge in [0.25, 0.3) is 11.6 Å². The highest BCUT2D eigenvalue weighted by atomic mass is 79.9. The fraction of sp³-hybridized carbons (Fsp3) is 0.0833. The third-order valence-corrected chi connectivity index (χ3v) is 3.41. The number of furan rings is 1. The number of ether oxygens (including phenoxy) is 2. The molecule has 0 aliphatic carbocycles. The number of anilines is 1. The predicted molar refractivity (Wildman–Crippen MR) is 73.6 cm³/mol. The van der Waals surface area contributed by atoms with Crippen molar-refractivity contribution in [3.05, 3.63) is 44.8 Å². The predicted octanol–water partition coefficient (Wildman–Crippen LogP) is 2.93. The van der Waals surface area contributed by atoms with Gasteiger partial charge in [-0.1, -0.05) is 0 Å². The second-order valence-electron chi connectivity index (χ2n) is 4.04. The molecular formula is C12H7BrN2O6. The lowest BCUT2D eigenvalue weighted by atomic mass is 10.2. The van der Waals surface area contributed by atoms with Crippen molar-refractivity contribution >= 4 is 33.2 Å². The second-order valence-corrected chi connectivity index (χ2v) is 4.76. The number of halogens is 1. The van der Waals surface area contributed by atoms with Crippen molar-refractivity contribution in [3.8, 4) is 11.5 Å². The summed E-state index contributed by atoms with van der Waals surface area (Å²) in [6, 6.07) is 4.01. The molecule has 2 heterocycles. The summed E-state index contributed by atoms with van der Waals surface area (Å²) in [7, 11) is 0. The number of amides is 1. The largest absolute Gasteiger partial charge is 0.457 e. The first-order valence-electron chi connectivity index (χ1n) is 5.68. The molecule has 8 nitrogen and oxygen atoms in total. The van der Waals surface area contributed by atoms with Crippen LogP contribution in [0.25, 0.3) is 0 Å². The highest BCUT2D eigenvalue weighted by Crippen LogP contribution is 2.40. The van der Waals surface area contributed by atoms with E-state index in [1.54, 1.807) is 0 Å². The van der Waals surface area contributed by atoms with E-state index >= 15 is 0 Å². The van der Waals surface area contributed by atoms with Crippen molar-refractivity contribution in [2.24, 2.45) is 0 Å². The first kappa shape index (κ1) is 13.4. The average molecular weight is 355 g/mol. The Morgan fingerprint density at radius 1 is 1.33 bits per heavy atom. The molecule has 0 spiro atoms. The summed E-state index contributed by atoms with van der Waals surface area (Å²) in [6.45, 7) is -0.0167. The lowest BCUT2D eigenvalue weighted by molar-refractivity contribution is -0.384. The highest BCUT2D eigenvalue weighted by molar-refractivity contribution is 9.10. The molecule has 3 rings (SSSR count). The standard InChI is InChI=1S/C12H7BrN2O6/c13-11-6(1-2-19-11)12(16)14-7-3-9-10(21-5-20-9)4-8(7)15(17)18/h1-4H,5H2,(H,14,16). The molecule has 0 saturated heterocycles. The van der Waals surface area contributed by atoms with Gasteiger partial charge in [-0.25, -0.2) is 0 Å². The van der Waals surface area contributed by atoms with Crippen LogP contribution in [0.2, 0.25) is 0 Å². The van der Waals surface area contributed by atoms with Crippen LogP contribution in [0.5, 0.6) is 11.5 Å².